The Balaban J connectivity index is 1.77. The summed E-state index contributed by atoms with van der Waals surface area (Å²) in [6.07, 6.45) is 5.93. The summed E-state index contributed by atoms with van der Waals surface area (Å²) in [5, 5.41) is 0. The van der Waals surface area contributed by atoms with Crippen molar-refractivity contribution >= 4 is 21.8 Å². The van der Waals surface area contributed by atoms with Crippen LogP contribution < -0.4 is 10.5 Å². The molecular weight excluding hydrogens is 356 g/mol. The van der Waals surface area contributed by atoms with Gasteiger partial charge in [-0.25, -0.2) is 0 Å². The van der Waals surface area contributed by atoms with Crippen molar-refractivity contribution < 1.29 is 9.53 Å². The smallest absolute Gasteiger partial charge is 0.223 e. The molecule has 1 aliphatic carbocycles. The fourth-order valence-electron chi connectivity index (χ4n) is 4.01. The molecule has 1 aromatic carbocycles. The number of carbonyl (C=O) groups is 1. The number of likely N-dealkylation sites (tertiary alicyclic amines) is 1. The SMILES string of the molecule is COc1ccc(Br)cc1C1CCCN1C(=O)C[C@@H]1CCC[C@H]1N. The average Bonchev–Trinajstić information content (AvgIpc) is 3.17. The molecule has 126 valence electrons. The van der Waals surface area contributed by atoms with Crippen LogP contribution in [-0.4, -0.2) is 30.5 Å². The van der Waals surface area contributed by atoms with E-state index in [0.29, 0.717) is 12.3 Å². The van der Waals surface area contributed by atoms with Crippen molar-refractivity contribution in [1.29, 1.82) is 0 Å². The number of halogens is 1. The van der Waals surface area contributed by atoms with Gasteiger partial charge in [0.25, 0.3) is 0 Å². The van der Waals surface area contributed by atoms with Gasteiger partial charge in [-0.05, 0) is 49.8 Å². The molecule has 5 heteroatoms. The second kappa shape index (κ2) is 7.22. The molecule has 3 rings (SSSR count). The average molecular weight is 381 g/mol. The van der Waals surface area contributed by atoms with Gasteiger partial charge in [-0.15, -0.1) is 0 Å². The molecule has 1 saturated heterocycles. The highest BCUT2D eigenvalue weighted by Crippen LogP contribution is 2.39. The Labute approximate surface area is 146 Å². The van der Waals surface area contributed by atoms with Crippen molar-refractivity contribution in [2.75, 3.05) is 13.7 Å². The highest BCUT2D eigenvalue weighted by Gasteiger charge is 2.34. The van der Waals surface area contributed by atoms with E-state index in [2.05, 4.69) is 22.0 Å². The van der Waals surface area contributed by atoms with Crippen molar-refractivity contribution in [1.82, 2.24) is 4.90 Å². The van der Waals surface area contributed by atoms with Crippen molar-refractivity contribution in [3.05, 3.63) is 28.2 Å². The number of nitrogens with two attached hydrogens (primary N) is 1. The molecule has 0 bridgehead atoms. The predicted molar refractivity (Wildman–Crippen MR) is 94.3 cm³/mol. The second-order valence-corrected chi connectivity index (χ2v) is 7.61. The predicted octanol–water partition coefficient (Wildman–Crippen LogP) is 3.64. The molecule has 2 fully saturated rings. The number of ether oxygens (including phenoxy) is 1. The number of nitrogens with zero attached hydrogens (tertiary/aromatic N) is 1. The molecule has 1 amide bonds. The summed E-state index contributed by atoms with van der Waals surface area (Å²) >= 11 is 3.53. The first-order valence-electron chi connectivity index (χ1n) is 8.48. The molecule has 1 aromatic rings. The van der Waals surface area contributed by atoms with E-state index in [1.807, 2.05) is 17.0 Å². The maximum Gasteiger partial charge on any atom is 0.223 e. The normalized spacial score (nSPS) is 27.4. The Hall–Kier alpha value is -1.07. The lowest BCUT2D eigenvalue weighted by molar-refractivity contribution is -0.133. The molecule has 1 saturated carbocycles. The monoisotopic (exact) mass is 380 g/mol. The summed E-state index contributed by atoms with van der Waals surface area (Å²) < 4.78 is 6.53. The van der Waals surface area contributed by atoms with Crippen molar-refractivity contribution in [2.45, 2.75) is 50.6 Å². The quantitative estimate of drug-likeness (QED) is 0.867. The minimum absolute atomic E-state index is 0.118. The van der Waals surface area contributed by atoms with Gasteiger partial charge in [0.15, 0.2) is 0 Å². The zero-order valence-electron chi connectivity index (χ0n) is 13.6. The van der Waals surface area contributed by atoms with E-state index < -0.39 is 0 Å². The van der Waals surface area contributed by atoms with E-state index in [0.717, 1.165) is 54.4 Å². The highest BCUT2D eigenvalue weighted by molar-refractivity contribution is 9.10. The number of benzene rings is 1. The molecule has 0 spiro atoms. The third kappa shape index (κ3) is 3.56. The van der Waals surface area contributed by atoms with Gasteiger partial charge in [0, 0.05) is 29.0 Å². The first-order valence-corrected chi connectivity index (χ1v) is 9.28. The van der Waals surface area contributed by atoms with Crippen LogP contribution >= 0.6 is 15.9 Å². The van der Waals surface area contributed by atoms with Gasteiger partial charge in [0.2, 0.25) is 5.91 Å². The standard InChI is InChI=1S/C18H25BrN2O2/c1-23-17-8-7-13(19)11-14(17)16-6-3-9-21(16)18(22)10-12-4-2-5-15(12)20/h7-8,11-12,15-16H,2-6,9-10,20H2,1H3/t12-,15+,16?/m0/s1. The number of rotatable bonds is 4. The fraction of sp³-hybridized carbons (Fsp3) is 0.611. The molecule has 2 N–H and O–H groups in total. The second-order valence-electron chi connectivity index (χ2n) is 6.69. The molecule has 1 heterocycles. The van der Waals surface area contributed by atoms with E-state index in [4.69, 9.17) is 10.5 Å². The Morgan fingerprint density at radius 2 is 2.17 bits per heavy atom. The highest BCUT2D eigenvalue weighted by atomic mass is 79.9. The number of amides is 1. The minimum atomic E-state index is 0.118. The van der Waals surface area contributed by atoms with Crippen LogP contribution in [0.1, 0.15) is 50.1 Å². The molecule has 0 radical (unpaired) electrons. The molecule has 0 aromatic heterocycles. The van der Waals surface area contributed by atoms with Crippen LogP contribution in [0.3, 0.4) is 0 Å². The third-order valence-electron chi connectivity index (χ3n) is 5.28. The van der Waals surface area contributed by atoms with Gasteiger partial charge < -0.3 is 15.4 Å². The lowest BCUT2D eigenvalue weighted by atomic mass is 9.98. The van der Waals surface area contributed by atoms with Crippen LogP contribution in [-0.2, 0) is 4.79 Å². The van der Waals surface area contributed by atoms with Crippen LogP contribution in [0.15, 0.2) is 22.7 Å². The number of carbonyl (C=O) groups excluding carboxylic acids is 1. The summed E-state index contributed by atoms with van der Waals surface area (Å²) in [6, 6.07) is 6.33. The lowest BCUT2D eigenvalue weighted by Crippen LogP contribution is -2.35. The van der Waals surface area contributed by atoms with Gasteiger partial charge in [-0.1, -0.05) is 22.4 Å². The van der Waals surface area contributed by atoms with Gasteiger partial charge in [-0.3, -0.25) is 4.79 Å². The molecule has 3 atom stereocenters. The van der Waals surface area contributed by atoms with Crippen LogP contribution in [0.4, 0.5) is 0 Å². The molecule has 1 unspecified atom stereocenters. The first kappa shape index (κ1) is 16.8. The third-order valence-corrected chi connectivity index (χ3v) is 5.77. The van der Waals surface area contributed by atoms with Gasteiger partial charge in [0.1, 0.15) is 5.75 Å². The maximum absolute atomic E-state index is 12.8. The molecule has 23 heavy (non-hydrogen) atoms. The topological polar surface area (TPSA) is 55.6 Å². The van der Waals surface area contributed by atoms with Crippen LogP contribution in [0.2, 0.25) is 0 Å². The fourth-order valence-corrected chi connectivity index (χ4v) is 4.39. The van der Waals surface area contributed by atoms with Crippen LogP contribution in [0.25, 0.3) is 0 Å². The molecule has 2 aliphatic rings. The molecule has 4 nitrogen and oxygen atoms in total. The van der Waals surface area contributed by atoms with Crippen molar-refractivity contribution in [3.63, 3.8) is 0 Å². The number of methoxy groups -OCH3 is 1. The van der Waals surface area contributed by atoms with E-state index >= 15 is 0 Å². The van der Waals surface area contributed by atoms with E-state index in [1.54, 1.807) is 7.11 Å². The van der Waals surface area contributed by atoms with Gasteiger partial charge in [0.05, 0.1) is 13.2 Å². The maximum atomic E-state index is 12.8. The Kier molecular flexibility index (Phi) is 5.27. The van der Waals surface area contributed by atoms with E-state index in [1.165, 1.54) is 0 Å². The Morgan fingerprint density at radius 3 is 2.87 bits per heavy atom. The molecule has 1 aliphatic heterocycles. The van der Waals surface area contributed by atoms with Gasteiger partial charge >= 0.3 is 0 Å². The van der Waals surface area contributed by atoms with Gasteiger partial charge in [-0.2, -0.15) is 0 Å². The number of hydrogen-bond acceptors (Lipinski definition) is 3. The number of hydrogen-bond donors (Lipinski definition) is 1. The zero-order chi connectivity index (χ0) is 16.4. The zero-order valence-corrected chi connectivity index (χ0v) is 15.2. The largest absolute Gasteiger partial charge is 0.496 e. The summed E-state index contributed by atoms with van der Waals surface area (Å²) in [5.74, 6) is 1.46. The summed E-state index contributed by atoms with van der Waals surface area (Å²) in [6.45, 7) is 0.834. The molecular formula is C18H25BrN2O2. The summed E-state index contributed by atoms with van der Waals surface area (Å²) in [4.78, 5) is 14.9. The lowest BCUT2D eigenvalue weighted by Gasteiger charge is -2.28. The van der Waals surface area contributed by atoms with Crippen LogP contribution in [0, 0.1) is 5.92 Å². The minimum Gasteiger partial charge on any atom is -0.496 e. The van der Waals surface area contributed by atoms with Crippen LogP contribution in [0.5, 0.6) is 5.75 Å². The van der Waals surface area contributed by atoms with E-state index in [-0.39, 0.29) is 18.0 Å². The Bertz CT molecular complexity index is 578. The first-order chi connectivity index (χ1) is 11.1. The summed E-state index contributed by atoms with van der Waals surface area (Å²) in [7, 11) is 1.69. The van der Waals surface area contributed by atoms with E-state index in [9.17, 15) is 4.79 Å². The Morgan fingerprint density at radius 1 is 1.35 bits per heavy atom. The summed E-state index contributed by atoms with van der Waals surface area (Å²) in [5.41, 5.74) is 7.24. The van der Waals surface area contributed by atoms with Crippen molar-refractivity contribution in [2.24, 2.45) is 11.7 Å². The van der Waals surface area contributed by atoms with Crippen molar-refractivity contribution in [3.8, 4) is 5.75 Å².